The van der Waals surface area contributed by atoms with Gasteiger partial charge < -0.3 is 16.0 Å². The molecule has 2 heterocycles. The summed E-state index contributed by atoms with van der Waals surface area (Å²) in [5.41, 5.74) is 5.88. The summed E-state index contributed by atoms with van der Waals surface area (Å²) in [6.07, 6.45) is 0.998. The molecule has 0 aromatic heterocycles. The van der Waals surface area contributed by atoms with Gasteiger partial charge in [0.25, 0.3) is 5.91 Å². The van der Waals surface area contributed by atoms with Crippen LogP contribution in [0, 0.1) is 5.92 Å². The molecule has 3 N–H and O–H groups in total. The van der Waals surface area contributed by atoms with E-state index in [2.05, 4.69) is 26.1 Å². The fraction of sp³-hybridized carbons (Fsp3) is 0.545. The molecule has 0 bridgehead atoms. The molecule has 8 heteroatoms. The topological polar surface area (TPSA) is 113 Å². The van der Waals surface area contributed by atoms with Gasteiger partial charge in [-0.1, -0.05) is 45.0 Å². The van der Waals surface area contributed by atoms with Crippen LogP contribution in [0.3, 0.4) is 0 Å². The molecule has 0 saturated carbocycles. The van der Waals surface area contributed by atoms with Gasteiger partial charge in [-0.05, 0) is 36.3 Å². The number of hydrogen-bond donors (Lipinski definition) is 2. The summed E-state index contributed by atoms with van der Waals surface area (Å²) in [5.74, 6) is -1.35. The van der Waals surface area contributed by atoms with Crippen LogP contribution in [0.15, 0.2) is 24.3 Å². The highest BCUT2D eigenvalue weighted by molar-refractivity contribution is 6.09. The van der Waals surface area contributed by atoms with Crippen LogP contribution in [-0.2, 0) is 25.3 Å². The zero-order valence-electron chi connectivity index (χ0n) is 18.0. The lowest BCUT2D eigenvalue weighted by molar-refractivity contribution is -0.140. The van der Waals surface area contributed by atoms with E-state index in [0.717, 1.165) is 10.5 Å². The maximum absolute atomic E-state index is 13.1. The summed E-state index contributed by atoms with van der Waals surface area (Å²) >= 11 is 0. The number of nitrogens with two attached hydrogens (primary N) is 1. The molecule has 162 valence electrons. The Hall–Kier alpha value is -2.90. The third kappa shape index (κ3) is 4.04. The Labute approximate surface area is 176 Å². The molecule has 1 aromatic carbocycles. The van der Waals surface area contributed by atoms with Crippen molar-refractivity contribution in [1.29, 1.82) is 0 Å². The number of likely N-dealkylation sites (tertiary alicyclic amines) is 1. The van der Waals surface area contributed by atoms with Gasteiger partial charge in [0.1, 0.15) is 12.1 Å². The van der Waals surface area contributed by atoms with E-state index in [1.807, 2.05) is 24.3 Å². The van der Waals surface area contributed by atoms with Crippen LogP contribution in [0.25, 0.3) is 0 Å². The second kappa shape index (κ2) is 7.74. The van der Waals surface area contributed by atoms with Crippen molar-refractivity contribution in [3.8, 4) is 0 Å². The minimum absolute atomic E-state index is 0.0250. The molecule has 0 spiro atoms. The van der Waals surface area contributed by atoms with Gasteiger partial charge in [0.2, 0.25) is 11.8 Å². The van der Waals surface area contributed by atoms with Crippen molar-refractivity contribution in [2.24, 2.45) is 11.7 Å². The molecule has 2 fully saturated rings. The van der Waals surface area contributed by atoms with Crippen molar-refractivity contribution in [1.82, 2.24) is 15.1 Å². The minimum Gasteiger partial charge on any atom is -0.369 e. The van der Waals surface area contributed by atoms with Crippen molar-refractivity contribution in [3.63, 3.8) is 0 Å². The normalized spacial score (nSPS) is 22.9. The molecule has 8 nitrogen and oxygen atoms in total. The third-order valence-electron chi connectivity index (χ3n) is 6.15. The summed E-state index contributed by atoms with van der Waals surface area (Å²) in [5, 5.41) is 2.74. The van der Waals surface area contributed by atoms with Gasteiger partial charge in [-0.3, -0.25) is 19.3 Å². The first-order chi connectivity index (χ1) is 13.9. The van der Waals surface area contributed by atoms with Crippen LogP contribution in [0.2, 0.25) is 0 Å². The maximum Gasteiger partial charge on any atom is 0.325 e. The molecule has 3 rings (SSSR count). The average Bonchev–Trinajstić information content (AvgIpc) is 2.91. The lowest BCUT2D eigenvalue weighted by Crippen LogP contribution is -2.47. The first-order valence-electron chi connectivity index (χ1n) is 10.3. The SMILES string of the molecule is CC(C)(C)c1ccc(C2(C)NC(=O)N(CC(=O)N3CCC(C(N)=O)CC3)C2=O)cc1. The van der Waals surface area contributed by atoms with E-state index in [4.69, 9.17) is 5.73 Å². The van der Waals surface area contributed by atoms with Crippen LogP contribution in [0.4, 0.5) is 4.79 Å². The number of piperidine rings is 1. The van der Waals surface area contributed by atoms with E-state index in [-0.39, 0.29) is 29.7 Å². The molecular formula is C22H30N4O4. The fourth-order valence-electron chi connectivity index (χ4n) is 3.99. The molecule has 2 aliphatic rings. The minimum atomic E-state index is -1.22. The molecule has 2 saturated heterocycles. The van der Waals surface area contributed by atoms with E-state index in [0.29, 0.717) is 31.5 Å². The monoisotopic (exact) mass is 414 g/mol. The predicted octanol–water partition coefficient (Wildman–Crippen LogP) is 1.47. The summed E-state index contributed by atoms with van der Waals surface area (Å²) in [6.45, 7) is 8.43. The van der Waals surface area contributed by atoms with Crippen LogP contribution >= 0.6 is 0 Å². The molecule has 2 aliphatic heterocycles. The maximum atomic E-state index is 13.1. The third-order valence-corrected chi connectivity index (χ3v) is 6.15. The number of nitrogens with one attached hydrogen (secondary N) is 1. The van der Waals surface area contributed by atoms with E-state index >= 15 is 0 Å². The number of carbonyl (C=O) groups excluding carboxylic acids is 4. The largest absolute Gasteiger partial charge is 0.369 e. The zero-order valence-corrected chi connectivity index (χ0v) is 18.0. The molecular weight excluding hydrogens is 384 g/mol. The van der Waals surface area contributed by atoms with E-state index < -0.39 is 17.5 Å². The first kappa shape index (κ1) is 21.8. The molecule has 1 aromatic rings. The smallest absolute Gasteiger partial charge is 0.325 e. The highest BCUT2D eigenvalue weighted by Gasteiger charge is 2.49. The van der Waals surface area contributed by atoms with Crippen LogP contribution in [0.5, 0.6) is 0 Å². The summed E-state index contributed by atoms with van der Waals surface area (Å²) in [4.78, 5) is 52.1. The average molecular weight is 415 g/mol. The van der Waals surface area contributed by atoms with Gasteiger partial charge in [0, 0.05) is 19.0 Å². The van der Waals surface area contributed by atoms with Gasteiger partial charge in [-0.25, -0.2) is 4.79 Å². The molecule has 1 unspecified atom stereocenters. The van der Waals surface area contributed by atoms with E-state index in [1.54, 1.807) is 11.8 Å². The molecule has 1 atom stereocenters. The number of carbonyl (C=O) groups is 4. The van der Waals surface area contributed by atoms with Crippen molar-refractivity contribution in [2.75, 3.05) is 19.6 Å². The summed E-state index contributed by atoms with van der Waals surface area (Å²) in [7, 11) is 0. The van der Waals surface area contributed by atoms with Gasteiger partial charge in [0.05, 0.1) is 0 Å². The van der Waals surface area contributed by atoms with Gasteiger partial charge >= 0.3 is 6.03 Å². The number of amides is 5. The fourth-order valence-corrected chi connectivity index (χ4v) is 3.99. The number of urea groups is 1. The Kier molecular flexibility index (Phi) is 5.62. The second-order valence-electron chi connectivity index (χ2n) is 9.33. The molecule has 30 heavy (non-hydrogen) atoms. The van der Waals surface area contributed by atoms with Crippen molar-refractivity contribution in [3.05, 3.63) is 35.4 Å². The van der Waals surface area contributed by atoms with Crippen LogP contribution in [0.1, 0.15) is 51.7 Å². The highest BCUT2D eigenvalue weighted by atomic mass is 16.2. The Morgan fingerprint density at radius 2 is 1.70 bits per heavy atom. The quantitative estimate of drug-likeness (QED) is 0.727. The van der Waals surface area contributed by atoms with Crippen molar-refractivity contribution < 1.29 is 19.2 Å². The number of benzene rings is 1. The van der Waals surface area contributed by atoms with Gasteiger partial charge in [-0.15, -0.1) is 0 Å². The Morgan fingerprint density at radius 1 is 1.13 bits per heavy atom. The van der Waals surface area contributed by atoms with Gasteiger partial charge in [-0.2, -0.15) is 0 Å². The van der Waals surface area contributed by atoms with Crippen LogP contribution < -0.4 is 11.1 Å². The van der Waals surface area contributed by atoms with E-state index in [9.17, 15) is 19.2 Å². The van der Waals surface area contributed by atoms with E-state index in [1.165, 1.54) is 0 Å². The number of hydrogen-bond acceptors (Lipinski definition) is 4. The second-order valence-corrected chi connectivity index (χ2v) is 9.33. The first-order valence-corrected chi connectivity index (χ1v) is 10.3. The van der Waals surface area contributed by atoms with Crippen molar-refractivity contribution >= 4 is 23.8 Å². The Bertz CT molecular complexity index is 866. The highest BCUT2D eigenvalue weighted by Crippen LogP contribution is 2.31. The number of rotatable bonds is 4. The van der Waals surface area contributed by atoms with Crippen molar-refractivity contribution in [2.45, 2.75) is 51.5 Å². The number of imide groups is 1. The summed E-state index contributed by atoms with van der Waals surface area (Å²) in [6, 6.07) is 7.02. The lowest BCUT2D eigenvalue weighted by Gasteiger charge is -2.31. The lowest BCUT2D eigenvalue weighted by atomic mass is 9.84. The predicted molar refractivity (Wildman–Crippen MR) is 111 cm³/mol. The van der Waals surface area contributed by atoms with Gasteiger partial charge in [0.15, 0.2) is 0 Å². The molecule has 0 radical (unpaired) electrons. The standard InChI is InChI=1S/C22H30N4O4/c1-21(2,3)15-5-7-16(8-6-15)22(4)19(29)26(20(30)24-22)13-17(27)25-11-9-14(10-12-25)18(23)28/h5-8,14H,9-13H2,1-4H3,(H2,23,28)(H,24,30). The molecule has 5 amide bonds. The number of nitrogens with zero attached hydrogens (tertiary/aromatic N) is 2. The summed E-state index contributed by atoms with van der Waals surface area (Å²) < 4.78 is 0. The number of primary amides is 1. The molecule has 0 aliphatic carbocycles. The Balaban J connectivity index is 1.70. The zero-order chi connectivity index (χ0) is 22.3. The van der Waals surface area contributed by atoms with Crippen LogP contribution in [-0.4, -0.2) is 53.2 Å². The Morgan fingerprint density at radius 3 is 2.20 bits per heavy atom.